The third-order valence-electron chi connectivity index (χ3n) is 9.22. The van der Waals surface area contributed by atoms with Gasteiger partial charge in [0.1, 0.15) is 6.34 Å². The summed E-state index contributed by atoms with van der Waals surface area (Å²) in [5.74, 6) is 0.0643. The normalized spacial score (nSPS) is 22.8. The van der Waals surface area contributed by atoms with Gasteiger partial charge < -0.3 is 65.1 Å². The van der Waals surface area contributed by atoms with Crippen molar-refractivity contribution < 1.29 is 9.59 Å². The van der Waals surface area contributed by atoms with E-state index in [9.17, 15) is 9.59 Å². The third kappa shape index (κ3) is 14.9. The quantitative estimate of drug-likeness (QED) is 0.0583. The minimum absolute atomic E-state index is 0.0791. The van der Waals surface area contributed by atoms with Gasteiger partial charge in [-0.25, -0.2) is 0 Å². The second kappa shape index (κ2) is 22.2. The number of nitrogens with two attached hydrogens (primary N) is 3. The van der Waals surface area contributed by atoms with Crippen LogP contribution in [0.2, 0.25) is 0 Å². The summed E-state index contributed by atoms with van der Waals surface area (Å²) < 4.78 is 0. The summed E-state index contributed by atoms with van der Waals surface area (Å²) in [4.78, 5) is 24.8. The topological polar surface area (TPSA) is 245 Å². The van der Waals surface area contributed by atoms with Crippen LogP contribution in [0.25, 0.3) is 0 Å². The molecule has 0 atom stereocenters. The van der Waals surface area contributed by atoms with E-state index in [-0.39, 0.29) is 41.6 Å². The molecular formula is C36H60N14O2. The molecule has 2 bridgehead atoms. The van der Waals surface area contributed by atoms with Crippen LogP contribution in [0.15, 0.2) is 58.7 Å². The molecule has 0 spiro atoms. The standard InChI is InChI=1S/C36H60N14O2/c37-27-49-50-34(38)31-10-8-29(9-11-31)19-47-33(52)3-1-2-32(51)46-18-28-4-6-30(7-5-28)20-48-36-24-43-15-12-40-21-35(39,22-41-13-16-44-25-36)23-42-14-17-45-26-36/h4-11,27,40-45,48H,1-3,12-26,39H2,(H2,37,49)(H2,38,50)(H,46,51)(H,47,52). The van der Waals surface area contributed by atoms with Crippen LogP contribution < -0.4 is 65.1 Å². The zero-order valence-corrected chi connectivity index (χ0v) is 30.4. The predicted molar refractivity (Wildman–Crippen MR) is 208 cm³/mol. The number of rotatable bonds is 13. The van der Waals surface area contributed by atoms with E-state index in [1.807, 2.05) is 12.1 Å². The number of carbonyl (C=O) groups is 2. The average Bonchev–Trinajstić information content (AvgIpc) is 3.15. The first-order valence-electron chi connectivity index (χ1n) is 18.3. The van der Waals surface area contributed by atoms with Gasteiger partial charge in [0.25, 0.3) is 0 Å². The first kappa shape index (κ1) is 40.8. The lowest BCUT2D eigenvalue weighted by Crippen LogP contribution is -2.66. The van der Waals surface area contributed by atoms with Crippen molar-refractivity contribution in [3.8, 4) is 0 Å². The smallest absolute Gasteiger partial charge is 0.220 e. The van der Waals surface area contributed by atoms with Crippen LogP contribution in [0.3, 0.4) is 0 Å². The Labute approximate surface area is 307 Å². The first-order chi connectivity index (χ1) is 25.3. The second-order valence-corrected chi connectivity index (χ2v) is 13.7. The lowest BCUT2D eigenvalue weighted by Gasteiger charge is -2.37. The van der Waals surface area contributed by atoms with Crippen LogP contribution in [0, 0.1) is 0 Å². The number of nitrogens with one attached hydrogen (secondary N) is 9. The second-order valence-electron chi connectivity index (χ2n) is 13.7. The first-order valence-corrected chi connectivity index (χ1v) is 18.3. The van der Waals surface area contributed by atoms with Gasteiger partial charge in [0.15, 0.2) is 5.84 Å². The Morgan fingerprint density at radius 2 is 1.06 bits per heavy atom. The molecule has 3 fully saturated rings. The molecule has 5 rings (SSSR count). The molecule has 16 nitrogen and oxygen atoms in total. The highest BCUT2D eigenvalue weighted by Gasteiger charge is 2.30. The minimum atomic E-state index is -0.341. The SMILES string of the molecule is N/C=N\N=C(/N)c1ccc(CNC(=O)CCCC(=O)NCc2ccc(CNC34CNCCNCC(N)(CNCCNC3)CNCCNC4)cc2)cc1. The number of amides is 2. The lowest BCUT2D eigenvalue weighted by molar-refractivity contribution is -0.122. The van der Waals surface area contributed by atoms with Crippen molar-refractivity contribution in [1.82, 2.24) is 47.9 Å². The maximum atomic E-state index is 12.5. The highest BCUT2D eigenvalue weighted by Crippen LogP contribution is 2.10. The molecule has 2 aromatic rings. The fourth-order valence-electron chi connectivity index (χ4n) is 6.09. The molecule has 0 unspecified atom stereocenters. The van der Waals surface area contributed by atoms with E-state index in [4.69, 9.17) is 17.2 Å². The Balaban J connectivity index is 1.18. The summed E-state index contributed by atoms with van der Waals surface area (Å²) in [5.41, 5.74) is 21.0. The van der Waals surface area contributed by atoms with Gasteiger partial charge in [0, 0.05) is 117 Å². The van der Waals surface area contributed by atoms with Crippen LogP contribution in [0.1, 0.15) is 41.5 Å². The van der Waals surface area contributed by atoms with Crippen molar-refractivity contribution in [2.24, 2.45) is 27.4 Å². The van der Waals surface area contributed by atoms with Crippen molar-refractivity contribution in [1.29, 1.82) is 0 Å². The van der Waals surface area contributed by atoms with Gasteiger partial charge in [0.2, 0.25) is 11.8 Å². The van der Waals surface area contributed by atoms with E-state index in [2.05, 4.69) is 82.3 Å². The zero-order chi connectivity index (χ0) is 36.9. The summed E-state index contributed by atoms with van der Waals surface area (Å²) in [6, 6.07) is 15.7. The van der Waals surface area contributed by atoms with E-state index in [1.54, 1.807) is 12.1 Å². The zero-order valence-electron chi connectivity index (χ0n) is 30.4. The molecule has 0 aromatic heterocycles. The molecule has 3 aliphatic heterocycles. The summed E-state index contributed by atoms with van der Waals surface area (Å²) in [6.45, 7) is 11.3. The average molecular weight is 721 g/mol. The fraction of sp³-hybridized carbons (Fsp3) is 0.556. The van der Waals surface area contributed by atoms with Gasteiger partial charge in [-0.3, -0.25) is 9.59 Å². The molecular weight excluding hydrogens is 660 g/mol. The van der Waals surface area contributed by atoms with Crippen LogP contribution in [0.5, 0.6) is 0 Å². The third-order valence-corrected chi connectivity index (χ3v) is 9.22. The molecule has 0 aliphatic carbocycles. The molecule has 3 saturated heterocycles. The van der Waals surface area contributed by atoms with Gasteiger partial charge in [0.05, 0.1) is 11.1 Å². The molecule has 2 aromatic carbocycles. The molecule has 16 heteroatoms. The highest BCUT2D eigenvalue weighted by molar-refractivity contribution is 5.97. The number of nitrogens with zero attached hydrogens (tertiary/aromatic N) is 2. The molecule has 3 heterocycles. The minimum Gasteiger partial charge on any atom is -0.388 e. The van der Waals surface area contributed by atoms with Crippen LogP contribution in [-0.2, 0) is 29.2 Å². The van der Waals surface area contributed by atoms with Gasteiger partial charge in [-0.2, -0.15) is 0 Å². The monoisotopic (exact) mass is 721 g/mol. The van der Waals surface area contributed by atoms with Gasteiger partial charge in [-0.15, -0.1) is 10.2 Å². The van der Waals surface area contributed by atoms with Crippen LogP contribution in [-0.4, -0.2) is 114 Å². The van der Waals surface area contributed by atoms with E-state index < -0.39 is 0 Å². The number of hydrogen-bond acceptors (Lipinski definition) is 12. The van der Waals surface area contributed by atoms with Crippen molar-refractivity contribution in [2.45, 2.75) is 50.0 Å². The van der Waals surface area contributed by atoms with Gasteiger partial charge in [-0.1, -0.05) is 48.5 Å². The van der Waals surface area contributed by atoms with Crippen LogP contribution in [0.4, 0.5) is 0 Å². The number of fused-ring (bicyclic) bond motifs is 15. The Kier molecular flexibility index (Phi) is 17.4. The number of amidine groups is 1. The van der Waals surface area contributed by atoms with Crippen molar-refractivity contribution >= 4 is 24.0 Å². The summed E-state index contributed by atoms with van der Waals surface area (Å²) >= 11 is 0. The molecule has 0 saturated carbocycles. The van der Waals surface area contributed by atoms with E-state index in [0.717, 1.165) is 96.0 Å². The fourth-order valence-corrected chi connectivity index (χ4v) is 6.09. The molecule has 52 heavy (non-hydrogen) atoms. The van der Waals surface area contributed by atoms with Crippen molar-refractivity contribution in [3.05, 3.63) is 70.8 Å². The Morgan fingerprint density at radius 1 is 0.654 bits per heavy atom. The maximum Gasteiger partial charge on any atom is 0.220 e. The molecule has 15 N–H and O–H groups in total. The molecule has 0 radical (unpaired) electrons. The Hall–Kier alpha value is -4.00. The number of hydrogen-bond donors (Lipinski definition) is 12. The van der Waals surface area contributed by atoms with E-state index >= 15 is 0 Å². The Morgan fingerprint density at radius 3 is 1.50 bits per heavy atom. The number of benzene rings is 2. The van der Waals surface area contributed by atoms with Crippen molar-refractivity contribution in [2.75, 3.05) is 78.5 Å². The predicted octanol–water partition coefficient (Wildman–Crippen LogP) is -2.51. The summed E-state index contributed by atoms with van der Waals surface area (Å²) in [5, 5.41) is 38.7. The summed E-state index contributed by atoms with van der Waals surface area (Å²) in [7, 11) is 0. The van der Waals surface area contributed by atoms with Crippen molar-refractivity contribution in [3.63, 3.8) is 0 Å². The highest BCUT2D eigenvalue weighted by atomic mass is 16.2. The molecule has 3 aliphatic rings. The van der Waals surface area contributed by atoms with Crippen LogP contribution >= 0.6 is 0 Å². The Bertz CT molecular complexity index is 1370. The summed E-state index contributed by atoms with van der Waals surface area (Å²) in [6.07, 6.45) is 2.08. The van der Waals surface area contributed by atoms with Gasteiger partial charge in [-0.05, 0) is 23.1 Å². The largest absolute Gasteiger partial charge is 0.388 e. The number of carbonyl (C=O) groups excluding carboxylic acids is 2. The maximum absolute atomic E-state index is 12.5. The van der Waals surface area contributed by atoms with E-state index in [0.29, 0.717) is 31.6 Å². The molecule has 2 amide bonds. The van der Waals surface area contributed by atoms with E-state index in [1.165, 1.54) is 5.56 Å². The molecule has 286 valence electrons. The lowest BCUT2D eigenvalue weighted by atomic mass is 9.97. The van der Waals surface area contributed by atoms with Gasteiger partial charge >= 0.3 is 0 Å².